The smallest absolute Gasteiger partial charge is 0.234 e. The lowest BCUT2D eigenvalue weighted by atomic mass is 9.99. The Morgan fingerprint density at radius 1 is 1.16 bits per heavy atom. The van der Waals surface area contributed by atoms with Gasteiger partial charge in [0.2, 0.25) is 5.91 Å². The number of morpholine rings is 1. The van der Waals surface area contributed by atoms with Gasteiger partial charge in [-0.3, -0.25) is 19.7 Å². The molecule has 2 aromatic heterocycles. The Balaban J connectivity index is 1.38. The van der Waals surface area contributed by atoms with E-state index in [1.807, 2.05) is 25.1 Å². The van der Waals surface area contributed by atoms with E-state index in [4.69, 9.17) is 9.72 Å². The summed E-state index contributed by atoms with van der Waals surface area (Å²) in [5.41, 5.74) is 6.62. The zero-order chi connectivity index (χ0) is 22.3. The molecule has 0 bridgehead atoms. The third-order valence-corrected chi connectivity index (χ3v) is 5.73. The minimum Gasteiger partial charge on any atom is -0.369 e. The summed E-state index contributed by atoms with van der Waals surface area (Å²) in [5.74, 6) is -0.00579. The van der Waals surface area contributed by atoms with Gasteiger partial charge in [0.15, 0.2) is 0 Å². The van der Waals surface area contributed by atoms with Crippen molar-refractivity contribution in [1.82, 2.24) is 20.2 Å². The van der Waals surface area contributed by atoms with Gasteiger partial charge in [0, 0.05) is 25.0 Å². The highest BCUT2D eigenvalue weighted by Crippen LogP contribution is 2.23. The molecule has 0 radical (unpaired) electrons. The van der Waals surface area contributed by atoms with Crippen molar-refractivity contribution >= 4 is 5.91 Å². The summed E-state index contributed by atoms with van der Waals surface area (Å²) in [6.45, 7) is 6.92. The Morgan fingerprint density at radius 3 is 2.81 bits per heavy atom. The number of carbonyl (C=O) groups is 1. The second-order valence-electron chi connectivity index (χ2n) is 8.34. The molecule has 166 valence electrons. The minimum absolute atomic E-state index is 0.00579. The van der Waals surface area contributed by atoms with Crippen LogP contribution in [-0.2, 0) is 22.5 Å². The molecule has 1 unspecified atom stereocenters. The Labute approximate surface area is 189 Å². The van der Waals surface area contributed by atoms with Crippen LogP contribution >= 0.6 is 0 Å². The quantitative estimate of drug-likeness (QED) is 0.623. The molecule has 1 aliphatic heterocycles. The predicted molar refractivity (Wildman–Crippen MR) is 124 cm³/mol. The summed E-state index contributed by atoms with van der Waals surface area (Å²) in [6, 6.07) is 18.4. The average molecular weight is 431 g/mol. The second kappa shape index (κ2) is 10.5. The molecule has 1 aliphatic rings. The number of nitrogens with one attached hydrogen (secondary N) is 1. The molecule has 3 heterocycles. The van der Waals surface area contributed by atoms with E-state index in [1.165, 1.54) is 16.7 Å². The minimum atomic E-state index is -0.136. The van der Waals surface area contributed by atoms with Crippen LogP contribution in [0.1, 0.15) is 39.9 Å². The van der Waals surface area contributed by atoms with Crippen LogP contribution in [0.25, 0.3) is 0 Å². The van der Waals surface area contributed by atoms with Crippen LogP contribution < -0.4 is 5.32 Å². The molecule has 6 heteroatoms. The van der Waals surface area contributed by atoms with E-state index in [0.29, 0.717) is 26.2 Å². The van der Waals surface area contributed by atoms with Gasteiger partial charge in [-0.1, -0.05) is 30.3 Å². The monoisotopic (exact) mass is 430 g/mol. The first kappa shape index (κ1) is 22.1. The molecule has 0 spiro atoms. The number of aryl methyl sites for hydroxylation is 2. The number of benzene rings is 1. The standard InChI is InChI=1S/C26H30N4O2/c1-19-7-3-4-8-22(19)14-21-13-20(2)29-24(15-21)25-17-30(11-12-32-25)18-26(31)28-16-23-9-5-6-10-27-23/h3-10,13,15,25H,11-12,14,16-18H2,1-2H3,(H,28,31). The van der Waals surface area contributed by atoms with Crippen LogP contribution in [0.3, 0.4) is 0 Å². The maximum absolute atomic E-state index is 12.4. The first-order valence-corrected chi connectivity index (χ1v) is 11.1. The van der Waals surface area contributed by atoms with Gasteiger partial charge in [-0.05, 0) is 61.2 Å². The van der Waals surface area contributed by atoms with Crippen LogP contribution in [-0.4, -0.2) is 47.0 Å². The zero-order valence-corrected chi connectivity index (χ0v) is 18.8. The molecular weight excluding hydrogens is 400 g/mol. The van der Waals surface area contributed by atoms with Crippen LogP contribution in [0.2, 0.25) is 0 Å². The van der Waals surface area contributed by atoms with Crippen LogP contribution in [0.4, 0.5) is 0 Å². The van der Waals surface area contributed by atoms with Gasteiger partial charge < -0.3 is 10.1 Å². The number of pyridine rings is 2. The van der Waals surface area contributed by atoms with Crippen LogP contribution in [0, 0.1) is 13.8 Å². The van der Waals surface area contributed by atoms with Crippen molar-refractivity contribution in [2.75, 3.05) is 26.2 Å². The highest BCUT2D eigenvalue weighted by molar-refractivity contribution is 5.77. The maximum atomic E-state index is 12.4. The molecule has 0 saturated carbocycles. The van der Waals surface area contributed by atoms with E-state index in [2.05, 4.69) is 58.5 Å². The van der Waals surface area contributed by atoms with Gasteiger partial charge >= 0.3 is 0 Å². The molecular formula is C26H30N4O2. The number of amides is 1. The fraction of sp³-hybridized carbons (Fsp3) is 0.346. The first-order valence-electron chi connectivity index (χ1n) is 11.1. The Bertz CT molecular complexity index is 1050. The molecule has 1 N–H and O–H groups in total. The van der Waals surface area contributed by atoms with Crippen molar-refractivity contribution in [2.24, 2.45) is 0 Å². The summed E-state index contributed by atoms with van der Waals surface area (Å²) < 4.78 is 6.04. The number of hydrogen-bond acceptors (Lipinski definition) is 5. The van der Waals surface area contributed by atoms with E-state index < -0.39 is 0 Å². The number of rotatable bonds is 7. The molecule has 32 heavy (non-hydrogen) atoms. The van der Waals surface area contributed by atoms with Gasteiger partial charge in [0.05, 0.1) is 31.1 Å². The van der Waals surface area contributed by atoms with Crippen molar-refractivity contribution in [3.8, 4) is 0 Å². The number of nitrogens with zero attached hydrogens (tertiary/aromatic N) is 3. The van der Waals surface area contributed by atoms with E-state index in [9.17, 15) is 4.79 Å². The predicted octanol–water partition coefficient (Wildman–Crippen LogP) is 3.37. The third kappa shape index (κ3) is 5.99. The molecule has 4 rings (SSSR count). The van der Waals surface area contributed by atoms with E-state index in [1.54, 1.807) is 6.20 Å². The first-order chi connectivity index (χ1) is 15.6. The third-order valence-electron chi connectivity index (χ3n) is 5.73. The number of ether oxygens (including phenoxy) is 1. The average Bonchev–Trinajstić information content (AvgIpc) is 2.80. The topological polar surface area (TPSA) is 67.4 Å². The lowest BCUT2D eigenvalue weighted by Crippen LogP contribution is -2.44. The fourth-order valence-corrected chi connectivity index (χ4v) is 4.04. The summed E-state index contributed by atoms with van der Waals surface area (Å²) in [4.78, 5) is 23.6. The van der Waals surface area contributed by atoms with Gasteiger partial charge in [0.25, 0.3) is 0 Å². The highest BCUT2D eigenvalue weighted by Gasteiger charge is 2.25. The molecule has 1 saturated heterocycles. The number of carbonyl (C=O) groups excluding carboxylic acids is 1. The summed E-state index contributed by atoms with van der Waals surface area (Å²) in [5, 5.41) is 2.95. The molecule has 3 aromatic rings. The SMILES string of the molecule is Cc1cc(Cc2ccccc2C)cc(C2CN(CC(=O)NCc3ccccn3)CCO2)n1. The molecule has 0 aliphatic carbocycles. The Kier molecular flexibility index (Phi) is 7.24. The fourth-order valence-electron chi connectivity index (χ4n) is 4.04. The molecule has 1 atom stereocenters. The van der Waals surface area contributed by atoms with Crippen molar-refractivity contribution in [1.29, 1.82) is 0 Å². The largest absolute Gasteiger partial charge is 0.369 e. The van der Waals surface area contributed by atoms with Crippen molar-refractivity contribution in [3.63, 3.8) is 0 Å². The highest BCUT2D eigenvalue weighted by atomic mass is 16.5. The lowest BCUT2D eigenvalue weighted by Gasteiger charge is -2.32. The molecule has 6 nitrogen and oxygen atoms in total. The van der Waals surface area contributed by atoms with Crippen LogP contribution in [0.15, 0.2) is 60.8 Å². The Morgan fingerprint density at radius 2 is 2.00 bits per heavy atom. The van der Waals surface area contributed by atoms with Crippen molar-refractivity contribution in [2.45, 2.75) is 32.9 Å². The normalized spacial score (nSPS) is 16.6. The number of aromatic nitrogens is 2. The summed E-state index contributed by atoms with van der Waals surface area (Å²) in [7, 11) is 0. The van der Waals surface area contributed by atoms with E-state index in [-0.39, 0.29) is 12.0 Å². The summed E-state index contributed by atoms with van der Waals surface area (Å²) in [6.07, 6.45) is 2.47. The molecule has 1 fully saturated rings. The maximum Gasteiger partial charge on any atom is 0.234 e. The Hall–Kier alpha value is -3.09. The van der Waals surface area contributed by atoms with Gasteiger partial charge in [-0.25, -0.2) is 0 Å². The van der Waals surface area contributed by atoms with E-state index in [0.717, 1.165) is 30.0 Å². The lowest BCUT2D eigenvalue weighted by molar-refractivity contribution is -0.124. The van der Waals surface area contributed by atoms with Gasteiger partial charge in [0.1, 0.15) is 6.10 Å². The second-order valence-corrected chi connectivity index (χ2v) is 8.34. The van der Waals surface area contributed by atoms with Crippen LogP contribution in [0.5, 0.6) is 0 Å². The van der Waals surface area contributed by atoms with Crippen molar-refractivity contribution in [3.05, 3.63) is 94.6 Å². The molecule has 1 aromatic carbocycles. The molecule has 1 amide bonds. The van der Waals surface area contributed by atoms with Gasteiger partial charge in [-0.2, -0.15) is 0 Å². The van der Waals surface area contributed by atoms with Gasteiger partial charge in [-0.15, -0.1) is 0 Å². The summed E-state index contributed by atoms with van der Waals surface area (Å²) >= 11 is 0. The van der Waals surface area contributed by atoms with E-state index >= 15 is 0 Å². The van der Waals surface area contributed by atoms with Crippen molar-refractivity contribution < 1.29 is 9.53 Å². The zero-order valence-electron chi connectivity index (χ0n) is 18.8. The number of hydrogen-bond donors (Lipinski definition) is 1.